The number of hydrogen-bond acceptors (Lipinski definition) is 4. The van der Waals surface area contributed by atoms with Crippen LogP contribution in [0.2, 0.25) is 0 Å². The molecule has 0 spiro atoms. The molecule has 0 radical (unpaired) electrons. The van der Waals surface area contributed by atoms with Gasteiger partial charge in [0.15, 0.2) is 0 Å². The number of carbonyl (C=O) groups excluding carboxylic acids is 2. The largest absolute Gasteiger partial charge is 0.508 e. The fourth-order valence-corrected chi connectivity index (χ4v) is 2.66. The number of rotatable bonds is 13. The number of amides is 2. The first-order valence-corrected chi connectivity index (χ1v) is 9.49. The molecule has 0 unspecified atom stereocenters. The predicted octanol–water partition coefficient (Wildman–Crippen LogP) is 2.37. The van der Waals surface area contributed by atoms with Gasteiger partial charge in [-0.25, -0.2) is 0 Å². The molecular formula is C20H30N2O5. The highest BCUT2D eigenvalue weighted by Gasteiger charge is 2.23. The van der Waals surface area contributed by atoms with E-state index in [0.717, 1.165) is 37.7 Å². The first-order valence-electron chi connectivity index (χ1n) is 9.49. The molecule has 0 bridgehead atoms. The molecule has 2 amide bonds. The Kier molecular flexibility index (Phi) is 10.6. The van der Waals surface area contributed by atoms with Crippen LogP contribution < -0.4 is 10.6 Å². The molecule has 150 valence electrons. The number of benzene rings is 1. The van der Waals surface area contributed by atoms with Gasteiger partial charge in [0.2, 0.25) is 11.8 Å². The number of phenols is 1. The molecule has 1 rings (SSSR count). The quantitative estimate of drug-likeness (QED) is 0.393. The van der Waals surface area contributed by atoms with E-state index in [4.69, 9.17) is 5.11 Å². The summed E-state index contributed by atoms with van der Waals surface area (Å²) >= 11 is 0. The van der Waals surface area contributed by atoms with E-state index in [-0.39, 0.29) is 11.7 Å². The number of nitrogens with one attached hydrogen (secondary N) is 2. The van der Waals surface area contributed by atoms with Gasteiger partial charge in [-0.1, -0.05) is 44.7 Å². The van der Waals surface area contributed by atoms with Crippen LogP contribution in [0.3, 0.4) is 0 Å². The number of aromatic hydroxyl groups is 1. The molecule has 1 atom stereocenters. The number of carboxylic acid groups (broad SMARTS) is 1. The fourth-order valence-electron chi connectivity index (χ4n) is 2.66. The highest BCUT2D eigenvalue weighted by molar-refractivity contribution is 5.90. The van der Waals surface area contributed by atoms with Crippen LogP contribution in [-0.2, 0) is 20.8 Å². The maximum Gasteiger partial charge on any atom is 0.305 e. The van der Waals surface area contributed by atoms with Gasteiger partial charge in [0.25, 0.3) is 0 Å². The minimum atomic E-state index is -1.14. The molecule has 0 fully saturated rings. The molecule has 0 saturated carbocycles. The summed E-state index contributed by atoms with van der Waals surface area (Å²) in [6.07, 6.45) is 5.38. The topological polar surface area (TPSA) is 116 Å². The van der Waals surface area contributed by atoms with Crippen LogP contribution in [0.4, 0.5) is 0 Å². The maximum atomic E-state index is 12.2. The molecule has 4 N–H and O–H groups in total. The third-order valence-corrected chi connectivity index (χ3v) is 4.19. The summed E-state index contributed by atoms with van der Waals surface area (Å²) in [5.41, 5.74) is 0.930. The number of unbranched alkanes of at least 4 members (excludes halogenated alkanes) is 4. The van der Waals surface area contributed by atoms with Crippen LogP contribution in [0.1, 0.15) is 57.4 Å². The van der Waals surface area contributed by atoms with E-state index in [2.05, 4.69) is 17.6 Å². The van der Waals surface area contributed by atoms with Crippen LogP contribution in [0.25, 0.3) is 0 Å². The van der Waals surface area contributed by atoms with E-state index in [0.29, 0.717) is 19.4 Å². The van der Waals surface area contributed by atoms with Crippen molar-refractivity contribution in [1.29, 1.82) is 0 Å². The lowest BCUT2D eigenvalue weighted by atomic mass is 10.1. The smallest absolute Gasteiger partial charge is 0.305 e. The molecule has 27 heavy (non-hydrogen) atoms. The highest BCUT2D eigenvalue weighted by atomic mass is 16.4. The Bertz CT molecular complexity index is 601. The summed E-state index contributed by atoms with van der Waals surface area (Å²) < 4.78 is 0. The Hall–Kier alpha value is -2.57. The third kappa shape index (κ3) is 10.2. The Balaban J connectivity index is 2.41. The number of hydrogen-bond donors (Lipinski definition) is 4. The van der Waals surface area contributed by atoms with Gasteiger partial charge < -0.3 is 20.8 Å². The number of aliphatic carboxylic acids is 1. The van der Waals surface area contributed by atoms with Gasteiger partial charge in [-0.05, 0) is 30.5 Å². The van der Waals surface area contributed by atoms with Gasteiger partial charge >= 0.3 is 5.97 Å². The summed E-state index contributed by atoms with van der Waals surface area (Å²) in [6.45, 7) is 2.43. The van der Waals surface area contributed by atoms with E-state index in [1.54, 1.807) is 24.3 Å². The molecule has 1 aromatic rings. The zero-order valence-corrected chi connectivity index (χ0v) is 15.9. The van der Waals surface area contributed by atoms with Gasteiger partial charge in [-0.15, -0.1) is 0 Å². The summed E-state index contributed by atoms with van der Waals surface area (Å²) in [6, 6.07) is 5.54. The highest BCUT2D eigenvalue weighted by Crippen LogP contribution is 2.09. The summed E-state index contributed by atoms with van der Waals surface area (Å²) in [5, 5.41) is 23.4. The molecular weight excluding hydrogens is 348 g/mol. The van der Waals surface area contributed by atoms with E-state index in [1.807, 2.05) is 0 Å². The average Bonchev–Trinajstić information content (AvgIpc) is 2.62. The summed E-state index contributed by atoms with van der Waals surface area (Å²) in [5.74, 6) is -1.78. The van der Waals surface area contributed by atoms with Crippen LogP contribution in [-0.4, -0.2) is 40.6 Å². The molecule has 1 aromatic carbocycles. The Morgan fingerprint density at radius 1 is 1.04 bits per heavy atom. The van der Waals surface area contributed by atoms with E-state index < -0.39 is 24.3 Å². The van der Waals surface area contributed by atoms with Crippen molar-refractivity contribution < 1.29 is 24.6 Å². The van der Waals surface area contributed by atoms with Crippen molar-refractivity contribution in [2.45, 2.75) is 64.3 Å². The van der Waals surface area contributed by atoms with Crippen LogP contribution >= 0.6 is 0 Å². The zero-order chi connectivity index (χ0) is 20.1. The molecule has 7 heteroatoms. The molecule has 0 aliphatic heterocycles. The molecule has 0 saturated heterocycles. The van der Waals surface area contributed by atoms with Crippen molar-refractivity contribution in [3.8, 4) is 5.75 Å². The monoisotopic (exact) mass is 378 g/mol. The zero-order valence-electron chi connectivity index (χ0n) is 15.9. The Labute approximate surface area is 160 Å². The van der Waals surface area contributed by atoms with Gasteiger partial charge in [0, 0.05) is 13.0 Å². The minimum Gasteiger partial charge on any atom is -0.508 e. The van der Waals surface area contributed by atoms with E-state index in [9.17, 15) is 19.5 Å². The van der Waals surface area contributed by atoms with Gasteiger partial charge in [-0.3, -0.25) is 14.4 Å². The fraction of sp³-hybridized carbons (Fsp3) is 0.550. The second kappa shape index (κ2) is 12.7. The van der Waals surface area contributed by atoms with E-state index in [1.165, 1.54) is 0 Å². The van der Waals surface area contributed by atoms with Crippen LogP contribution in [0, 0.1) is 0 Å². The Morgan fingerprint density at radius 3 is 2.33 bits per heavy atom. The van der Waals surface area contributed by atoms with Crippen molar-refractivity contribution in [2.75, 3.05) is 6.54 Å². The number of phenolic OH excluding ortho intramolecular Hbond substituents is 1. The second-order valence-corrected chi connectivity index (χ2v) is 6.59. The summed E-state index contributed by atoms with van der Waals surface area (Å²) in [7, 11) is 0. The maximum absolute atomic E-state index is 12.2. The first kappa shape index (κ1) is 22.5. The minimum absolute atomic E-state index is 0.168. The van der Waals surface area contributed by atoms with Crippen LogP contribution in [0.5, 0.6) is 5.75 Å². The van der Waals surface area contributed by atoms with Crippen molar-refractivity contribution in [3.63, 3.8) is 0 Å². The molecule has 0 heterocycles. The predicted molar refractivity (Wildman–Crippen MR) is 102 cm³/mol. The molecule has 0 aliphatic carbocycles. The number of carboxylic acids is 1. The van der Waals surface area contributed by atoms with Gasteiger partial charge in [0.05, 0.1) is 6.42 Å². The first-order chi connectivity index (χ1) is 12.9. The van der Waals surface area contributed by atoms with Crippen molar-refractivity contribution >= 4 is 17.8 Å². The van der Waals surface area contributed by atoms with Crippen LogP contribution in [0.15, 0.2) is 24.3 Å². The Morgan fingerprint density at radius 2 is 1.70 bits per heavy atom. The van der Waals surface area contributed by atoms with Gasteiger partial charge in [0.1, 0.15) is 11.8 Å². The molecule has 0 aliphatic rings. The van der Waals surface area contributed by atoms with Crippen molar-refractivity contribution in [3.05, 3.63) is 29.8 Å². The lowest BCUT2D eigenvalue weighted by molar-refractivity contribution is -0.140. The van der Waals surface area contributed by atoms with E-state index >= 15 is 0 Å². The second-order valence-electron chi connectivity index (χ2n) is 6.59. The normalized spacial score (nSPS) is 11.6. The van der Waals surface area contributed by atoms with Gasteiger partial charge in [-0.2, -0.15) is 0 Å². The average molecular weight is 378 g/mol. The van der Waals surface area contributed by atoms with Crippen molar-refractivity contribution in [2.24, 2.45) is 0 Å². The lowest BCUT2D eigenvalue weighted by Gasteiger charge is -2.17. The molecule has 7 nitrogen and oxygen atoms in total. The molecule has 0 aromatic heterocycles. The SMILES string of the molecule is CCCCCCCC(=O)N[C@H](CC(=O)O)C(=O)NCCc1ccc(O)cc1. The standard InChI is InChI=1S/C20H30N2O5/c1-2-3-4-5-6-7-18(24)22-17(14-19(25)26)20(27)21-13-12-15-8-10-16(23)11-9-15/h8-11,17,23H,2-7,12-14H2,1H3,(H,21,27)(H,22,24)(H,25,26)/t17-/m1/s1. The van der Waals surface area contributed by atoms with Crippen molar-refractivity contribution in [1.82, 2.24) is 10.6 Å². The number of carbonyl (C=O) groups is 3. The lowest BCUT2D eigenvalue weighted by Crippen LogP contribution is -2.48. The summed E-state index contributed by atoms with van der Waals surface area (Å²) in [4.78, 5) is 35.2. The third-order valence-electron chi connectivity index (χ3n) is 4.19.